The predicted molar refractivity (Wildman–Crippen MR) is 62.4 cm³/mol. The number of hydrogen-bond acceptors (Lipinski definition) is 3. The second-order valence-corrected chi connectivity index (χ2v) is 4.06. The van der Waals surface area contributed by atoms with Crippen molar-refractivity contribution in [2.45, 2.75) is 19.8 Å². The van der Waals surface area contributed by atoms with E-state index in [0.717, 1.165) is 5.69 Å². The Morgan fingerprint density at radius 3 is 2.41 bits per heavy atom. The van der Waals surface area contributed by atoms with Gasteiger partial charge in [0.15, 0.2) is 0 Å². The molecule has 2 aromatic rings. The number of rotatable bonds is 3. The lowest BCUT2D eigenvalue weighted by Crippen LogP contribution is -2.01. The fourth-order valence-electron chi connectivity index (χ4n) is 1.50. The summed E-state index contributed by atoms with van der Waals surface area (Å²) in [6.45, 7) is 4.24. The van der Waals surface area contributed by atoms with Gasteiger partial charge in [-0.25, -0.2) is 14.5 Å². The Bertz CT molecular complexity index is 529. The maximum absolute atomic E-state index is 10.7. The molecule has 5 heteroatoms. The highest BCUT2D eigenvalue weighted by molar-refractivity contribution is 5.82. The van der Waals surface area contributed by atoms with Crippen LogP contribution < -0.4 is 0 Å². The molecule has 0 fully saturated rings. The van der Waals surface area contributed by atoms with E-state index in [1.165, 1.54) is 16.6 Å². The zero-order chi connectivity index (χ0) is 12.4. The summed E-state index contributed by atoms with van der Waals surface area (Å²) in [7, 11) is 0. The normalized spacial score (nSPS) is 10.8. The number of carboxylic acid groups (broad SMARTS) is 1. The van der Waals surface area contributed by atoms with Crippen molar-refractivity contribution in [1.82, 2.24) is 14.8 Å². The first kappa shape index (κ1) is 11.3. The molecule has 0 aliphatic carbocycles. The smallest absolute Gasteiger partial charge is 0.375 e. The number of carboxylic acids is 1. The van der Waals surface area contributed by atoms with E-state index < -0.39 is 5.97 Å². The highest BCUT2D eigenvalue weighted by Crippen LogP contribution is 2.16. The summed E-state index contributed by atoms with van der Waals surface area (Å²) in [6, 6.07) is 7.80. The summed E-state index contributed by atoms with van der Waals surface area (Å²) in [5, 5.41) is 12.6. The number of hydrogen-bond donors (Lipinski definition) is 1. The molecule has 0 amide bonds. The molecule has 0 spiro atoms. The fourth-order valence-corrected chi connectivity index (χ4v) is 1.50. The molecule has 0 atom stereocenters. The third-order valence-electron chi connectivity index (χ3n) is 2.51. The SMILES string of the molecule is CC(C)c1ccc(-n2cnc(C(=O)O)n2)cc1. The standard InChI is InChI=1S/C12H13N3O2/c1-8(2)9-3-5-10(6-4-9)15-7-13-11(14-15)12(16)17/h3-8H,1-2H3,(H,16,17). The average Bonchev–Trinajstić information content (AvgIpc) is 2.78. The molecule has 0 aliphatic rings. The summed E-state index contributed by atoms with van der Waals surface area (Å²) in [5.41, 5.74) is 2.03. The first-order valence-corrected chi connectivity index (χ1v) is 5.33. The minimum atomic E-state index is -1.12. The number of nitrogens with zero attached hydrogens (tertiary/aromatic N) is 3. The van der Waals surface area contributed by atoms with Gasteiger partial charge in [-0.1, -0.05) is 26.0 Å². The molecule has 2 rings (SSSR count). The number of aromatic carboxylic acids is 1. The lowest BCUT2D eigenvalue weighted by Gasteiger charge is -2.06. The highest BCUT2D eigenvalue weighted by Gasteiger charge is 2.09. The van der Waals surface area contributed by atoms with Crippen molar-refractivity contribution in [2.24, 2.45) is 0 Å². The summed E-state index contributed by atoms with van der Waals surface area (Å²) >= 11 is 0. The van der Waals surface area contributed by atoms with Crippen LogP contribution in [0.1, 0.15) is 35.9 Å². The largest absolute Gasteiger partial charge is 0.475 e. The zero-order valence-corrected chi connectivity index (χ0v) is 9.66. The van der Waals surface area contributed by atoms with Crippen molar-refractivity contribution in [2.75, 3.05) is 0 Å². The van der Waals surface area contributed by atoms with Crippen molar-refractivity contribution in [1.29, 1.82) is 0 Å². The van der Waals surface area contributed by atoms with Crippen LogP contribution in [-0.4, -0.2) is 25.8 Å². The van der Waals surface area contributed by atoms with E-state index >= 15 is 0 Å². The van der Waals surface area contributed by atoms with Crippen LogP contribution in [0.15, 0.2) is 30.6 Å². The molecule has 5 nitrogen and oxygen atoms in total. The molecule has 0 saturated heterocycles. The molecule has 1 heterocycles. The molecule has 88 valence electrons. The van der Waals surface area contributed by atoms with Gasteiger partial charge in [0.05, 0.1) is 5.69 Å². The molecule has 1 aromatic heterocycles. The lowest BCUT2D eigenvalue weighted by molar-refractivity contribution is 0.0683. The quantitative estimate of drug-likeness (QED) is 0.878. The van der Waals surface area contributed by atoms with Crippen molar-refractivity contribution in [3.05, 3.63) is 42.0 Å². The van der Waals surface area contributed by atoms with E-state index in [4.69, 9.17) is 5.11 Å². The summed E-state index contributed by atoms with van der Waals surface area (Å²) in [6.07, 6.45) is 1.40. The zero-order valence-electron chi connectivity index (χ0n) is 9.66. The molecule has 0 unspecified atom stereocenters. The van der Waals surface area contributed by atoms with E-state index in [0.29, 0.717) is 5.92 Å². The Balaban J connectivity index is 2.30. The second-order valence-electron chi connectivity index (χ2n) is 4.06. The van der Waals surface area contributed by atoms with Crippen LogP contribution in [-0.2, 0) is 0 Å². The van der Waals surface area contributed by atoms with Crippen LogP contribution in [0.25, 0.3) is 5.69 Å². The van der Waals surface area contributed by atoms with Crippen LogP contribution in [0.3, 0.4) is 0 Å². The summed E-state index contributed by atoms with van der Waals surface area (Å²) in [5.74, 6) is -0.852. The Morgan fingerprint density at radius 2 is 1.94 bits per heavy atom. The molecule has 0 aliphatic heterocycles. The van der Waals surface area contributed by atoms with Crippen molar-refractivity contribution in [3.63, 3.8) is 0 Å². The molecule has 1 N–H and O–H groups in total. The molecular formula is C12H13N3O2. The van der Waals surface area contributed by atoms with Gasteiger partial charge >= 0.3 is 5.97 Å². The van der Waals surface area contributed by atoms with Crippen LogP contribution in [0.4, 0.5) is 0 Å². The number of carbonyl (C=O) groups is 1. The van der Waals surface area contributed by atoms with Gasteiger partial charge in [0.2, 0.25) is 0 Å². The van der Waals surface area contributed by atoms with Gasteiger partial charge in [0.1, 0.15) is 6.33 Å². The van der Waals surface area contributed by atoms with Crippen LogP contribution in [0, 0.1) is 0 Å². The maximum atomic E-state index is 10.7. The van der Waals surface area contributed by atoms with Gasteiger partial charge in [-0.2, -0.15) is 0 Å². The first-order chi connectivity index (χ1) is 8.08. The number of aromatic nitrogens is 3. The topological polar surface area (TPSA) is 68.0 Å². The van der Waals surface area contributed by atoms with E-state index in [-0.39, 0.29) is 5.82 Å². The Kier molecular flexibility index (Phi) is 2.91. The molecule has 0 bridgehead atoms. The maximum Gasteiger partial charge on any atom is 0.375 e. The Labute approximate surface area is 98.7 Å². The van der Waals surface area contributed by atoms with Gasteiger partial charge < -0.3 is 5.11 Å². The van der Waals surface area contributed by atoms with E-state index in [1.54, 1.807) is 0 Å². The van der Waals surface area contributed by atoms with Crippen molar-refractivity contribution in [3.8, 4) is 5.69 Å². The molecular weight excluding hydrogens is 218 g/mol. The van der Waals surface area contributed by atoms with Crippen LogP contribution >= 0.6 is 0 Å². The van der Waals surface area contributed by atoms with Crippen LogP contribution in [0.5, 0.6) is 0 Å². The lowest BCUT2D eigenvalue weighted by atomic mass is 10.0. The first-order valence-electron chi connectivity index (χ1n) is 5.33. The average molecular weight is 231 g/mol. The van der Waals surface area contributed by atoms with Gasteiger partial charge in [-0.15, -0.1) is 5.10 Å². The highest BCUT2D eigenvalue weighted by atomic mass is 16.4. The van der Waals surface area contributed by atoms with E-state index in [9.17, 15) is 4.79 Å². The van der Waals surface area contributed by atoms with Gasteiger partial charge in [0.25, 0.3) is 5.82 Å². The second kappa shape index (κ2) is 4.37. The predicted octanol–water partition coefficient (Wildman–Crippen LogP) is 2.09. The fraction of sp³-hybridized carbons (Fsp3) is 0.250. The Morgan fingerprint density at radius 1 is 1.29 bits per heavy atom. The van der Waals surface area contributed by atoms with Crippen molar-refractivity contribution >= 4 is 5.97 Å². The minimum Gasteiger partial charge on any atom is -0.475 e. The van der Waals surface area contributed by atoms with Gasteiger partial charge in [-0.05, 0) is 23.6 Å². The monoisotopic (exact) mass is 231 g/mol. The minimum absolute atomic E-state index is 0.196. The molecule has 17 heavy (non-hydrogen) atoms. The molecule has 0 radical (unpaired) electrons. The van der Waals surface area contributed by atoms with Gasteiger partial charge in [0, 0.05) is 0 Å². The summed E-state index contributed by atoms with van der Waals surface area (Å²) in [4.78, 5) is 14.4. The molecule has 0 saturated carbocycles. The van der Waals surface area contributed by atoms with Crippen LogP contribution in [0.2, 0.25) is 0 Å². The third-order valence-corrected chi connectivity index (χ3v) is 2.51. The molecule has 1 aromatic carbocycles. The van der Waals surface area contributed by atoms with Crippen molar-refractivity contribution < 1.29 is 9.90 Å². The summed E-state index contributed by atoms with van der Waals surface area (Å²) < 4.78 is 1.45. The third kappa shape index (κ3) is 2.33. The number of benzene rings is 1. The van der Waals surface area contributed by atoms with Gasteiger partial charge in [-0.3, -0.25) is 0 Å². The van der Waals surface area contributed by atoms with E-state index in [1.807, 2.05) is 24.3 Å². The van der Waals surface area contributed by atoms with E-state index in [2.05, 4.69) is 23.9 Å². The Hall–Kier alpha value is -2.17.